The van der Waals surface area contributed by atoms with Crippen LogP contribution in [-0.4, -0.2) is 18.9 Å². The molecule has 4 atom stereocenters. The van der Waals surface area contributed by atoms with Crippen molar-refractivity contribution >= 4 is 5.97 Å². The molecule has 1 saturated heterocycles. The van der Waals surface area contributed by atoms with Gasteiger partial charge in [0.2, 0.25) is 6.29 Å². The van der Waals surface area contributed by atoms with Crippen LogP contribution in [0.25, 0.3) is 0 Å². The highest BCUT2D eigenvalue weighted by atomic mass is 16.7. The van der Waals surface area contributed by atoms with E-state index in [1.807, 2.05) is 0 Å². The zero-order valence-electron chi connectivity index (χ0n) is 9.69. The molecule has 3 heteroatoms. The molecule has 0 spiro atoms. The third-order valence-corrected chi connectivity index (χ3v) is 4.43. The second-order valence-electron chi connectivity index (χ2n) is 5.51. The SMILES string of the molecule is O=C(OC1CCCCO1)C1C[C@@H]2CC[C@H]1C2. The Morgan fingerprint density at radius 2 is 2.06 bits per heavy atom. The van der Waals surface area contributed by atoms with Gasteiger partial charge in [-0.05, 0) is 43.9 Å². The van der Waals surface area contributed by atoms with Gasteiger partial charge in [0.1, 0.15) is 0 Å². The topological polar surface area (TPSA) is 35.5 Å². The summed E-state index contributed by atoms with van der Waals surface area (Å²) in [6, 6.07) is 0. The molecule has 90 valence electrons. The van der Waals surface area contributed by atoms with Gasteiger partial charge in [-0.2, -0.15) is 0 Å². The normalized spacial score (nSPS) is 42.2. The Bertz CT molecular complexity index is 270. The molecule has 1 heterocycles. The molecular weight excluding hydrogens is 204 g/mol. The van der Waals surface area contributed by atoms with Gasteiger partial charge in [-0.25, -0.2) is 0 Å². The van der Waals surface area contributed by atoms with Crippen LogP contribution in [0.2, 0.25) is 0 Å². The lowest BCUT2D eigenvalue weighted by molar-refractivity contribution is -0.192. The molecular formula is C13H20O3. The fraction of sp³-hybridized carbons (Fsp3) is 0.923. The van der Waals surface area contributed by atoms with Crippen molar-refractivity contribution < 1.29 is 14.3 Å². The number of ether oxygens (including phenoxy) is 2. The Morgan fingerprint density at radius 3 is 2.69 bits per heavy atom. The largest absolute Gasteiger partial charge is 0.436 e. The van der Waals surface area contributed by atoms with E-state index in [1.54, 1.807) is 0 Å². The molecule has 0 aromatic rings. The maximum Gasteiger partial charge on any atom is 0.311 e. The van der Waals surface area contributed by atoms with E-state index in [0.29, 0.717) is 5.92 Å². The summed E-state index contributed by atoms with van der Waals surface area (Å²) in [6.45, 7) is 0.745. The van der Waals surface area contributed by atoms with Gasteiger partial charge in [0, 0.05) is 6.42 Å². The van der Waals surface area contributed by atoms with Crippen molar-refractivity contribution in [3.05, 3.63) is 0 Å². The van der Waals surface area contributed by atoms with Crippen molar-refractivity contribution in [3.8, 4) is 0 Å². The molecule has 3 fully saturated rings. The first-order chi connectivity index (χ1) is 7.83. The predicted octanol–water partition coefficient (Wildman–Crippen LogP) is 2.49. The van der Waals surface area contributed by atoms with Gasteiger partial charge in [0.25, 0.3) is 0 Å². The summed E-state index contributed by atoms with van der Waals surface area (Å²) in [6.07, 6.45) is 7.73. The van der Waals surface area contributed by atoms with Gasteiger partial charge in [-0.15, -0.1) is 0 Å². The zero-order valence-corrected chi connectivity index (χ0v) is 9.69. The van der Waals surface area contributed by atoms with Crippen molar-refractivity contribution in [1.82, 2.24) is 0 Å². The first-order valence-electron chi connectivity index (χ1n) is 6.65. The first-order valence-corrected chi connectivity index (χ1v) is 6.65. The second-order valence-corrected chi connectivity index (χ2v) is 5.51. The van der Waals surface area contributed by atoms with E-state index in [2.05, 4.69) is 0 Å². The first kappa shape index (κ1) is 10.6. The maximum absolute atomic E-state index is 12.0. The number of carbonyl (C=O) groups is 1. The molecule has 3 aliphatic rings. The molecule has 0 aromatic carbocycles. The fourth-order valence-electron chi connectivity index (χ4n) is 3.55. The monoisotopic (exact) mass is 224 g/mol. The molecule has 3 nitrogen and oxygen atoms in total. The molecule has 16 heavy (non-hydrogen) atoms. The number of rotatable bonds is 2. The van der Waals surface area contributed by atoms with Gasteiger partial charge in [0.15, 0.2) is 0 Å². The van der Waals surface area contributed by atoms with E-state index < -0.39 is 0 Å². The van der Waals surface area contributed by atoms with Crippen molar-refractivity contribution in [3.63, 3.8) is 0 Å². The lowest BCUT2D eigenvalue weighted by Crippen LogP contribution is -2.31. The lowest BCUT2D eigenvalue weighted by atomic mass is 9.89. The second kappa shape index (κ2) is 4.36. The number of fused-ring (bicyclic) bond motifs is 2. The summed E-state index contributed by atoms with van der Waals surface area (Å²) >= 11 is 0. The molecule has 3 rings (SSSR count). The predicted molar refractivity (Wildman–Crippen MR) is 58.6 cm³/mol. The lowest BCUT2D eigenvalue weighted by Gasteiger charge is -2.26. The van der Waals surface area contributed by atoms with Gasteiger partial charge in [-0.3, -0.25) is 4.79 Å². The average molecular weight is 224 g/mol. The van der Waals surface area contributed by atoms with Crippen LogP contribution in [0.1, 0.15) is 44.9 Å². The number of hydrogen-bond donors (Lipinski definition) is 0. The Hall–Kier alpha value is -0.570. The summed E-state index contributed by atoms with van der Waals surface area (Å²) in [5.41, 5.74) is 0. The molecule has 2 unspecified atom stereocenters. The van der Waals surface area contributed by atoms with Crippen LogP contribution in [0.4, 0.5) is 0 Å². The third kappa shape index (κ3) is 1.97. The molecule has 2 bridgehead atoms. The minimum absolute atomic E-state index is 0.0131. The van der Waals surface area contributed by atoms with Gasteiger partial charge in [0.05, 0.1) is 12.5 Å². The van der Waals surface area contributed by atoms with Crippen LogP contribution >= 0.6 is 0 Å². The van der Waals surface area contributed by atoms with Gasteiger partial charge in [-0.1, -0.05) is 6.42 Å². The smallest absolute Gasteiger partial charge is 0.311 e. The van der Waals surface area contributed by atoms with Crippen LogP contribution in [-0.2, 0) is 14.3 Å². The highest BCUT2D eigenvalue weighted by Gasteiger charge is 2.44. The van der Waals surface area contributed by atoms with Crippen molar-refractivity contribution in [2.24, 2.45) is 17.8 Å². The summed E-state index contributed by atoms with van der Waals surface area (Å²) in [5.74, 6) is 1.61. The fourth-order valence-corrected chi connectivity index (χ4v) is 3.55. The van der Waals surface area contributed by atoms with E-state index >= 15 is 0 Å². The Morgan fingerprint density at radius 1 is 1.12 bits per heavy atom. The van der Waals surface area contributed by atoms with Crippen LogP contribution in [0, 0.1) is 17.8 Å². The minimum Gasteiger partial charge on any atom is -0.436 e. The summed E-state index contributed by atoms with van der Waals surface area (Å²) in [5, 5.41) is 0. The molecule has 0 N–H and O–H groups in total. The van der Waals surface area contributed by atoms with Crippen LogP contribution in [0.3, 0.4) is 0 Å². The highest BCUT2D eigenvalue weighted by Crippen LogP contribution is 2.48. The van der Waals surface area contributed by atoms with E-state index in [-0.39, 0.29) is 18.2 Å². The zero-order chi connectivity index (χ0) is 11.0. The summed E-state index contributed by atoms with van der Waals surface area (Å²) in [4.78, 5) is 12.0. The van der Waals surface area contributed by atoms with E-state index in [4.69, 9.17) is 9.47 Å². The quantitative estimate of drug-likeness (QED) is 0.676. The van der Waals surface area contributed by atoms with Crippen LogP contribution in [0.5, 0.6) is 0 Å². The van der Waals surface area contributed by atoms with E-state index in [9.17, 15) is 4.79 Å². The molecule has 0 radical (unpaired) electrons. The highest BCUT2D eigenvalue weighted by molar-refractivity contribution is 5.73. The number of esters is 1. The Kier molecular flexibility index (Phi) is 2.88. The van der Waals surface area contributed by atoms with E-state index in [1.165, 1.54) is 19.3 Å². The average Bonchev–Trinajstić information content (AvgIpc) is 2.92. The van der Waals surface area contributed by atoms with Gasteiger partial charge >= 0.3 is 5.97 Å². The molecule has 2 saturated carbocycles. The summed E-state index contributed by atoms with van der Waals surface area (Å²) < 4.78 is 10.9. The Labute approximate surface area is 96.5 Å². The number of hydrogen-bond acceptors (Lipinski definition) is 3. The van der Waals surface area contributed by atoms with Crippen LogP contribution in [0.15, 0.2) is 0 Å². The number of carbonyl (C=O) groups excluding carboxylic acids is 1. The molecule has 0 aromatic heterocycles. The Balaban J connectivity index is 1.53. The minimum atomic E-state index is -0.250. The standard InChI is InChI=1S/C13H20O3/c14-13(16-12-3-1-2-6-15-12)11-8-9-4-5-10(11)7-9/h9-12H,1-8H2/t9-,10+,11?,12?/m1/s1. The molecule has 1 aliphatic heterocycles. The van der Waals surface area contributed by atoms with Crippen molar-refractivity contribution in [2.45, 2.75) is 51.2 Å². The van der Waals surface area contributed by atoms with Gasteiger partial charge < -0.3 is 9.47 Å². The molecule has 2 aliphatic carbocycles. The molecule has 0 amide bonds. The van der Waals surface area contributed by atoms with Crippen molar-refractivity contribution in [2.75, 3.05) is 6.61 Å². The third-order valence-electron chi connectivity index (χ3n) is 4.43. The van der Waals surface area contributed by atoms with E-state index in [0.717, 1.165) is 38.2 Å². The maximum atomic E-state index is 12.0. The van der Waals surface area contributed by atoms with Crippen molar-refractivity contribution in [1.29, 1.82) is 0 Å². The van der Waals surface area contributed by atoms with Crippen LogP contribution < -0.4 is 0 Å². The summed E-state index contributed by atoms with van der Waals surface area (Å²) in [7, 11) is 0.